The lowest BCUT2D eigenvalue weighted by Crippen LogP contribution is -2.30. The molecule has 2 aromatic carbocycles. The lowest BCUT2D eigenvalue weighted by molar-refractivity contribution is 0.0515. The van der Waals surface area contributed by atoms with Crippen LogP contribution in [0.5, 0.6) is 0 Å². The lowest BCUT2D eigenvalue weighted by atomic mass is 10.1. The average molecular weight is 459 g/mol. The number of aromatic nitrogens is 4. The Morgan fingerprint density at radius 1 is 1.03 bits per heavy atom. The molecule has 31 heavy (non-hydrogen) atoms. The van der Waals surface area contributed by atoms with Crippen LogP contribution in [0.25, 0.3) is 0 Å². The molecule has 8 nitrogen and oxygen atoms in total. The summed E-state index contributed by atoms with van der Waals surface area (Å²) in [4.78, 5) is 21.2. The van der Waals surface area contributed by atoms with E-state index in [2.05, 4.69) is 25.5 Å². The number of tetrazole rings is 1. The van der Waals surface area contributed by atoms with E-state index < -0.39 is 5.97 Å². The van der Waals surface area contributed by atoms with Crippen molar-refractivity contribution >= 4 is 40.8 Å². The fraction of sp³-hybridized carbons (Fsp3) is 0.286. The summed E-state index contributed by atoms with van der Waals surface area (Å²) in [7, 11) is 0. The van der Waals surface area contributed by atoms with Crippen molar-refractivity contribution in [1.82, 2.24) is 20.2 Å². The number of carbonyl (C=O) groups is 1. The van der Waals surface area contributed by atoms with Gasteiger partial charge < -0.3 is 9.74 Å². The second-order valence-electron chi connectivity index (χ2n) is 7.07. The van der Waals surface area contributed by atoms with Gasteiger partial charge in [-0.05, 0) is 48.7 Å². The van der Waals surface area contributed by atoms with E-state index in [-0.39, 0.29) is 12.1 Å². The molecule has 0 saturated carbocycles. The van der Waals surface area contributed by atoms with Crippen molar-refractivity contribution in [2.45, 2.75) is 25.8 Å². The van der Waals surface area contributed by atoms with Crippen LogP contribution in [0, 0.1) is 0 Å². The van der Waals surface area contributed by atoms with E-state index in [0.717, 1.165) is 25.9 Å². The molecule has 0 radical (unpaired) electrons. The van der Waals surface area contributed by atoms with Gasteiger partial charge in [0, 0.05) is 23.7 Å². The van der Waals surface area contributed by atoms with Gasteiger partial charge in [-0.1, -0.05) is 57.7 Å². The molecular formula is C21H20Cl2N6O2. The van der Waals surface area contributed by atoms with Gasteiger partial charge in [-0.2, -0.15) is 4.80 Å². The maximum Gasteiger partial charge on any atom is 0.367 e. The fourth-order valence-corrected chi connectivity index (χ4v) is 3.58. The summed E-state index contributed by atoms with van der Waals surface area (Å²) in [5.41, 5.74) is 1.39. The summed E-state index contributed by atoms with van der Waals surface area (Å²) >= 11 is 12.1. The van der Waals surface area contributed by atoms with Crippen molar-refractivity contribution in [3.63, 3.8) is 0 Å². The highest BCUT2D eigenvalue weighted by atomic mass is 35.5. The highest BCUT2D eigenvalue weighted by molar-refractivity contribution is 6.33. The summed E-state index contributed by atoms with van der Waals surface area (Å²) < 4.78 is 0. The minimum atomic E-state index is -0.655. The standard InChI is InChI=1S/C21H20Cl2N6O2/c22-16-10-8-15(9-11-16)19(26-31-20(30)17-6-2-3-7-18(17)23)14-29-25-21(24-27-29)28-12-4-1-5-13-28/h2-3,6-11H,1,4-5,12-14H2/b26-19+. The molecular weight excluding hydrogens is 439 g/mol. The molecule has 0 aliphatic carbocycles. The molecule has 1 aliphatic heterocycles. The molecule has 3 aromatic rings. The van der Waals surface area contributed by atoms with Gasteiger partial charge in [0.25, 0.3) is 5.95 Å². The van der Waals surface area contributed by atoms with Crippen LogP contribution < -0.4 is 4.90 Å². The molecule has 10 heteroatoms. The number of rotatable bonds is 6. The molecule has 0 N–H and O–H groups in total. The van der Waals surface area contributed by atoms with Crippen molar-refractivity contribution < 1.29 is 9.63 Å². The Hall–Kier alpha value is -2.97. The third kappa shape index (κ3) is 5.39. The van der Waals surface area contributed by atoms with Crippen LogP contribution in [-0.4, -0.2) is 45.0 Å². The number of carbonyl (C=O) groups excluding carboxylic acids is 1. The topological polar surface area (TPSA) is 85.5 Å². The first kappa shape index (κ1) is 21.3. The molecule has 4 rings (SSSR count). The molecule has 0 spiro atoms. The number of halogens is 2. The molecule has 1 aliphatic rings. The predicted octanol–water partition coefficient (Wildman–Crippen LogP) is 4.23. The maximum absolute atomic E-state index is 12.4. The Balaban J connectivity index is 1.55. The third-order valence-electron chi connectivity index (χ3n) is 4.88. The van der Waals surface area contributed by atoms with E-state index in [1.165, 1.54) is 11.2 Å². The van der Waals surface area contributed by atoms with Crippen molar-refractivity contribution in [2.75, 3.05) is 18.0 Å². The molecule has 0 amide bonds. The summed E-state index contributed by atoms with van der Waals surface area (Å²) in [6, 6.07) is 13.7. The smallest absolute Gasteiger partial charge is 0.338 e. The molecule has 1 saturated heterocycles. The van der Waals surface area contributed by atoms with Gasteiger partial charge in [0.2, 0.25) is 0 Å². The number of anilines is 1. The van der Waals surface area contributed by atoms with Crippen LogP contribution in [0.15, 0.2) is 53.7 Å². The summed E-state index contributed by atoms with van der Waals surface area (Å²) in [5, 5.41) is 17.7. The van der Waals surface area contributed by atoms with Crippen molar-refractivity contribution in [2.24, 2.45) is 5.16 Å². The van der Waals surface area contributed by atoms with Crippen LogP contribution in [0.1, 0.15) is 35.2 Å². The molecule has 0 bridgehead atoms. The van der Waals surface area contributed by atoms with Crippen LogP contribution in [0.3, 0.4) is 0 Å². The zero-order valence-electron chi connectivity index (χ0n) is 16.6. The second-order valence-corrected chi connectivity index (χ2v) is 7.91. The zero-order valence-corrected chi connectivity index (χ0v) is 18.1. The number of hydrogen-bond acceptors (Lipinski definition) is 7. The van der Waals surface area contributed by atoms with Gasteiger partial charge in [0.15, 0.2) is 0 Å². The highest BCUT2D eigenvalue weighted by Gasteiger charge is 2.18. The Kier molecular flexibility index (Phi) is 6.79. The first-order valence-corrected chi connectivity index (χ1v) is 10.7. The minimum Gasteiger partial charge on any atom is -0.338 e. The number of oxime groups is 1. The van der Waals surface area contributed by atoms with E-state index >= 15 is 0 Å². The summed E-state index contributed by atoms with van der Waals surface area (Å²) in [5.74, 6) is -0.0687. The van der Waals surface area contributed by atoms with Crippen LogP contribution in [-0.2, 0) is 11.4 Å². The quantitative estimate of drug-likeness (QED) is 0.312. The minimum absolute atomic E-state index is 0.165. The van der Waals surface area contributed by atoms with Crippen molar-refractivity contribution in [3.05, 3.63) is 69.7 Å². The normalized spacial score (nSPS) is 14.5. The van der Waals surface area contributed by atoms with Crippen LogP contribution >= 0.6 is 23.2 Å². The molecule has 1 fully saturated rings. The number of hydrogen-bond donors (Lipinski definition) is 0. The molecule has 0 atom stereocenters. The Labute approximate surface area is 189 Å². The highest BCUT2D eigenvalue weighted by Crippen LogP contribution is 2.17. The predicted molar refractivity (Wildman–Crippen MR) is 119 cm³/mol. The van der Waals surface area contributed by atoms with Crippen LogP contribution in [0.2, 0.25) is 10.0 Å². The molecule has 160 valence electrons. The lowest BCUT2D eigenvalue weighted by Gasteiger charge is -2.24. The Morgan fingerprint density at radius 2 is 1.77 bits per heavy atom. The SMILES string of the molecule is O=C(O/N=C(\Cn1nnc(N2CCCCC2)n1)c1ccc(Cl)cc1)c1ccccc1Cl. The van der Waals surface area contributed by atoms with Gasteiger partial charge in [0.05, 0.1) is 10.6 Å². The molecule has 0 unspecified atom stereocenters. The number of piperidine rings is 1. The Bertz CT molecular complexity index is 1080. The number of nitrogens with zero attached hydrogens (tertiary/aromatic N) is 6. The first-order valence-electron chi connectivity index (χ1n) is 9.91. The fourth-order valence-electron chi connectivity index (χ4n) is 3.24. The summed E-state index contributed by atoms with van der Waals surface area (Å²) in [6.07, 6.45) is 3.45. The molecule has 1 aromatic heterocycles. The van der Waals surface area contributed by atoms with Gasteiger partial charge in [-0.3, -0.25) is 0 Å². The first-order chi connectivity index (χ1) is 15.1. The zero-order chi connectivity index (χ0) is 21.6. The van der Waals surface area contributed by atoms with Gasteiger partial charge in [-0.25, -0.2) is 4.79 Å². The third-order valence-corrected chi connectivity index (χ3v) is 5.46. The van der Waals surface area contributed by atoms with Gasteiger partial charge >= 0.3 is 5.97 Å². The number of benzene rings is 2. The van der Waals surface area contributed by atoms with Gasteiger partial charge in [-0.15, -0.1) is 5.10 Å². The van der Waals surface area contributed by atoms with Gasteiger partial charge in [0.1, 0.15) is 12.3 Å². The van der Waals surface area contributed by atoms with Crippen LogP contribution in [0.4, 0.5) is 5.95 Å². The van der Waals surface area contributed by atoms with E-state index in [9.17, 15) is 4.79 Å². The summed E-state index contributed by atoms with van der Waals surface area (Å²) in [6.45, 7) is 2.00. The van der Waals surface area contributed by atoms with E-state index in [1.54, 1.807) is 48.5 Å². The largest absolute Gasteiger partial charge is 0.367 e. The van der Waals surface area contributed by atoms with E-state index in [0.29, 0.717) is 27.3 Å². The van der Waals surface area contributed by atoms with E-state index in [1.807, 2.05) is 0 Å². The monoisotopic (exact) mass is 458 g/mol. The maximum atomic E-state index is 12.4. The van der Waals surface area contributed by atoms with E-state index in [4.69, 9.17) is 28.0 Å². The average Bonchev–Trinajstić information content (AvgIpc) is 3.26. The molecule has 2 heterocycles. The van der Waals surface area contributed by atoms with Crippen molar-refractivity contribution in [1.29, 1.82) is 0 Å². The Morgan fingerprint density at radius 3 is 2.52 bits per heavy atom. The second kappa shape index (κ2) is 9.89. The van der Waals surface area contributed by atoms with Crippen molar-refractivity contribution in [3.8, 4) is 0 Å².